The zero-order chi connectivity index (χ0) is 13.3. The monoisotopic (exact) mass is 250 g/mol. The highest BCUT2D eigenvalue weighted by Crippen LogP contribution is 2.13. The fraction of sp³-hybridized carbons (Fsp3) is 0.583. The van der Waals surface area contributed by atoms with Gasteiger partial charge in [0, 0.05) is 31.7 Å². The molecule has 1 aliphatic rings. The van der Waals surface area contributed by atoms with E-state index < -0.39 is 0 Å². The van der Waals surface area contributed by atoms with Gasteiger partial charge in [-0.05, 0) is 20.3 Å². The van der Waals surface area contributed by atoms with Crippen LogP contribution in [0.4, 0.5) is 0 Å². The van der Waals surface area contributed by atoms with Gasteiger partial charge >= 0.3 is 0 Å². The summed E-state index contributed by atoms with van der Waals surface area (Å²) in [6, 6.07) is 0.0221. The molecule has 0 aliphatic carbocycles. The Kier molecular flexibility index (Phi) is 3.36. The molecule has 0 spiro atoms. The Bertz CT molecular complexity index is 461. The van der Waals surface area contributed by atoms with Crippen LogP contribution in [-0.2, 0) is 4.79 Å². The van der Waals surface area contributed by atoms with Crippen LogP contribution in [0.15, 0.2) is 0 Å². The molecule has 1 aliphatic heterocycles. The number of piperidine rings is 1. The predicted octanol–water partition coefficient (Wildman–Crippen LogP) is 0.377. The summed E-state index contributed by atoms with van der Waals surface area (Å²) >= 11 is 0. The maximum Gasteiger partial charge on any atom is 0.255 e. The quantitative estimate of drug-likeness (QED) is 0.796. The van der Waals surface area contributed by atoms with Gasteiger partial charge in [0.15, 0.2) is 0 Å². The van der Waals surface area contributed by atoms with E-state index in [0.29, 0.717) is 30.6 Å². The van der Waals surface area contributed by atoms with E-state index in [4.69, 9.17) is 0 Å². The number of hydrogen-bond acceptors (Lipinski definition) is 3. The van der Waals surface area contributed by atoms with Crippen molar-refractivity contribution in [2.45, 2.75) is 32.7 Å². The van der Waals surface area contributed by atoms with E-state index in [2.05, 4.69) is 15.5 Å². The number of likely N-dealkylation sites (N-methyl/N-ethyl adjacent to an activating group) is 1. The van der Waals surface area contributed by atoms with Crippen LogP contribution in [0.2, 0.25) is 0 Å². The average molecular weight is 250 g/mol. The number of amides is 2. The third kappa shape index (κ3) is 2.37. The van der Waals surface area contributed by atoms with E-state index in [9.17, 15) is 9.59 Å². The molecule has 0 aromatic carbocycles. The molecule has 98 valence electrons. The van der Waals surface area contributed by atoms with Crippen LogP contribution in [0.25, 0.3) is 0 Å². The minimum atomic E-state index is -0.119. The van der Waals surface area contributed by atoms with Gasteiger partial charge in [0.2, 0.25) is 5.91 Å². The van der Waals surface area contributed by atoms with Gasteiger partial charge in [0.05, 0.1) is 11.3 Å². The van der Waals surface area contributed by atoms with E-state index in [-0.39, 0.29) is 17.9 Å². The molecule has 6 heteroatoms. The Morgan fingerprint density at radius 2 is 2.22 bits per heavy atom. The molecule has 1 unspecified atom stereocenters. The van der Waals surface area contributed by atoms with Crippen molar-refractivity contribution in [1.82, 2.24) is 20.4 Å². The summed E-state index contributed by atoms with van der Waals surface area (Å²) < 4.78 is 0. The number of carbonyl (C=O) groups excluding carboxylic acids is 2. The first kappa shape index (κ1) is 12.6. The Hall–Kier alpha value is -1.85. The molecular weight excluding hydrogens is 232 g/mol. The van der Waals surface area contributed by atoms with Gasteiger partial charge in [-0.25, -0.2) is 0 Å². The Morgan fingerprint density at radius 1 is 1.50 bits per heavy atom. The van der Waals surface area contributed by atoms with Crippen LogP contribution in [-0.4, -0.2) is 46.5 Å². The maximum atomic E-state index is 12.1. The number of aromatic nitrogens is 2. The lowest BCUT2D eigenvalue weighted by molar-refractivity contribution is -0.132. The van der Waals surface area contributed by atoms with Gasteiger partial charge in [0.25, 0.3) is 5.91 Å². The van der Waals surface area contributed by atoms with Crippen molar-refractivity contribution in [2.75, 3.05) is 13.6 Å². The summed E-state index contributed by atoms with van der Waals surface area (Å²) in [5.41, 5.74) is 2.07. The zero-order valence-electron chi connectivity index (χ0n) is 10.9. The highest BCUT2D eigenvalue weighted by atomic mass is 16.2. The van der Waals surface area contributed by atoms with Crippen molar-refractivity contribution in [3.8, 4) is 0 Å². The standard InChI is InChI=1S/C12H18N4O2/c1-7-11(8(2)15-14-7)12(18)13-9-4-5-10(17)16(3)6-9/h9H,4-6H2,1-3H3,(H,13,18)(H,14,15). The summed E-state index contributed by atoms with van der Waals surface area (Å²) in [5.74, 6) is 0.0164. The molecule has 6 nitrogen and oxygen atoms in total. The Balaban J connectivity index is 2.02. The lowest BCUT2D eigenvalue weighted by atomic mass is 10.0. The van der Waals surface area contributed by atoms with Gasteiger partial charge in [-0.2, -0.15) is 5.10 Å². The van der Waals surface area contributed by atoms with Crippen molar-refractivity contribution in [3.05, 3.63) is 17.0 Å². The average Bonchev–Trinajstić information content (AvgIpc) is 2.64. The summed E-state index contributed by atoms with van der Waals surface area (Å²) in [6.07, 6.45) is 1.19. The van der Waals surface area contributed by atoms with E-state index in [1.165, 1.54) is 0 Å². The molecule has 1 aromatic rings. The van der Waals surface area contributed by atoms with E-state index in [1.54, 1.807) is 18.9 Å². The number of rotatable bonds is 2. The maximum absolute atomic E-state index is 12.1. The molecule has 1 aromatic heterocycles. The molecule has 0 bridgehead atoms. The molecule has 1 fully saturated rings. The molecular formula is C12H18N4O2. The second kappa shape index (κ2) is 4.80. The number of aryl methyl sites for hydroxylation is 2. The van der Waals surface area contributed by atoms with Gasteiger partial charge in [-0.1, -0.05) is 0 Å². The third-order valence-corrected chi connectivity index (χ3v) is 3.32. The van der Waals surface area contributed by atoms with Gasteiger partial charge in [-0.15, -0.1) is 0 Å². The largest absolute Gasteiger partial charge is 0.347 e. The highest BCUT2D eigenvalue weighted by Gasteiger charge is 2.25. The number of hydrogen-bond donors (Lipinski definition) is 2. The smallest absolute Gasteiger partial charge is 0.255 e. The van der Waals surface area contributed by atoms with Crippen LogP contribution in [0, 0.1) is 13.8 Å². The van der Waals surface area contributed by atoms with E-state index in [1.807, 2.05) is 6.92 Å². The molecule has 2 rings (SSSR count). The first-order valence-corrected chi connectivity index (χ1v) is 6.05. The van der Waals surface area contributed by atoms with Crippen molar-refractivity contribution >= 4 is 11.8 Å². The van der Waals surface area contributed by atoms with Crippen molar-refractivity contribution < 1.29 is 9.59 Å². The van der Waals surface area contributed by atoms with E-state index >= 15 is 0 Å². The molecule has 18 heavy (non-hydrogen) atoms. The molecule has 2 amide bonds. The van der Waals surface area contributed by atoms with Crippen LogP contribution in [0.1, 0.15) is 34.6 Å². The van der Waals surface area contributed by atoms with Crippen molar-refractivity contribution in [2.24, 2.45) is 0 Å². The minimum Gasteiger partial charge on any atom is -0.347 e. The highest BCUT2D eigenvalue weighted by molar-refractivity contribution is 5.96. The molecule has 2 N–H and O–H groups in total. The molecule has 1 atom stereocenters. The minimum absolute atomic E-state index is 0.0221. The van der Waals surface area contributed by atoms with Crippen molar-refractivity contribution in [1.29, 1.82) is 0 Å². The fourth-order valence-electron chi connectivity index (χ4n) is 2.27. The van der Waals surface area contributed by atoms with Gasteiger partial charge < -0.3 is 10.2 Å². The second-order valence-electron chi connectivity index (χ2n) is 4.79. The molecule has 0 radical (unpaired) electrons. The summed E-state index contributed by atoms with van der Waals surface area (Å²) in [4.78, 5) is 25.1. The number of carbonyl (C=O) groups is 2. The van der Waals surface area contributed by atoms with Gasteiger partial charge in [-0.3, -0.25) is 14.7 Å². The number of likely N-dealkylation sites (tertiary alicyclic amines) is 1. The SMILES string of the molecule is Cc1n[nH]c(C)c1C(=O)NC1CCC(=O)N(C)C1. The van der Waals surface area contributed by atoms with Crippen LogP contribution in [0.3, 0.4) is 0 Å². The number of H-pyrrole nitrogens is 1. The zero-order valence-corrected chi connectivity index (χ0v) is 10.9. The lowest BCUT2D eigenvalue weighted by Crippen LogP contribution is -2.48. The topological polar surface area (TPSA) is 78.1 Å². The van der Waals surface area contributed by atoms with Crippen LogP contribution < -0.4 is 5.32 Å². The number of nitrogens with one attached hydrogen (secondary N) is 2. The molecule has 0 saturated carbocycles. The van der Waals surface area contributed by atoms with E-state index in [0.717, 1.165) is 5.69 Å². The van der Waals surface area contributed by atoms with Crippen molar-refractivity contribution in [3.63, 3.8) is 0 Å². The van der Waals surface area contributed by atoms with Crippen LogP contribution >= 0.6 is 0 Å². The Morgan fingerprint density at radius 3 is 2.78 bits per heavy atom. The predicted molar refractivity (Wildman–Crippen MR) is 66.2 cm³/mol. The Labute approximate surface area is 106 Å². The lowest BCUT2D eigenvalue weighted by Gasteiger charge is -2.30. The normalized spacial score (nSPS) is 20.1. The summed E-state index contributed by atoms with van der Waals surface area (Å²) in [5, 5.41) is 9.76. The third-order valence-electron chi connectivity index (χ3n) is 3.32. The number of nitrogens with zero attached hydrogens (tertiary/aromatic N) is 2. The van der Waals surface area contributed by atoms with Crippen LogP contribution in [0.5, 0.6) is 0 Å². The molecule has 1 saturated heterocycles. The first-order chi connectivity index (χ1) is 8.49. The number of aromatic amines is 1. The summed E-state index contributed by atoms with van der Waals surface area (Å²) in [6.45, 7) is 4.20. The second-order valence-corrected chi connectivity index (χ2v) is 4.79. The summed E-state index contributed by atoms with van der Waals surface area (Å²) in [7, 11) is 1.76. The molecule has 2 heterocycles. The first-order valence-electron chi connectivity index (χ1n) is 6.05. The fourth-order valence-corrected chi connectivity index (χ4v) is 2.27. The van der Waals surface area contributed by atoms with Gasteiger partial charge in [0.1, 0.15) is 0 Å².